The van der Waals surface area contributed by atoms with Crippen molar-refractivity contribution < 1.29 is 17.9 Å². The van der Waals surface area contributed by atoms with Crippen molar-refractivity contribution in [1.82, 2.24) is 0 Å². The van der Waals surface area contributed by atoms with Crippen molar-refractivity contribution in [2.45, 2.75) is 18.2 Å². The van der Waals surface area contributed by atoms with Crippen molar-refractivity contribution in [2.24, 2.45) is 0 Å². The van der Waals surface area contributed by atoms with Gasteiger partial charge in [0, 0.05) is 26.1 Å². The number of hydrogen-bond acceptors (Lipinski definition) is 5. The maximum atomic E-state index is 13.5. The van der Waals surface area contributed by atoms with Gasteiger partial charge in [-0.15, -0.1) is 0 Å². The largest absolute Gasteiger partial charge is 0.378 e. The lowest BCUT2D eigenvalue weighted by molar-refractivity contribution is -0.116. The Hall–Kier alpha value is -3.36. The highest BCUT2D eigenvalue weighted by Crippen LogP contribution is 2.27. The van der Waals surface area contributed by atoms with E-state index < -0.39 is 10.0 Å². The van der Waals surface area contributed by atoms with Crippen LogP contribution in [0.1, 0.15) is 12.0 Å². The Kier molecular flexibility index (Phi) is 7.49. The zero-order valence-electron chi connectivity index (χ0n) is 19.2. The van der Waals surface area contributed by atoms with Gasteiger partial charge < -0.3 is 15.0 Å². The monoisotopic (exact) mass is 479 g/mol. The Morgan fingerprint density at radius 3 is 2.29 bits per heavy atom. The Morgan fingerprint density at radius 1 is 0.941 bits per heavy atom. The first kappa shape index (κ1) is 23.8. The molecule has 0 atom stereocenters. The van der Waals surface area contributed by atoms with E-state index in [0.717, 1.165) is 24.3 Å². The minimum absolute atomic E-state index is 0.0113. The van der Waals surface area contributed by atoms with E-state index >= 15 is 0 Å². The summed E-state index contributed by atoms with van der Waals surface area (Å²) in [7, 11) is -3.83. The van der Waals surface area contributed by atoms with Gasteiger partial charge in [0.15, 0.2) is 0 Å². The van der Waals surface area contributed by atoms with Crippen LogP contribution in [0.2, 0.25) is 0 Å². The van der Waals surface area contributed by atoms with E-state index in [-0.39, 0.29) is 23.8 Å². The van der Waals surface area contributed by atoms with E-state index in [1.54, 1.807) is 48.5 Å². The number of aryl methyl sites for hydroxylation is 1. The van der Waals surface area contributed by atoms with E-state index in [4.69, 9.17) is 4.74 Å². The molecule has 8 heteroatoms. The lowest BCUT2D eigenvalue weighted by Gasteiger charge is -2.30. The number of sulfonamides is 1. The van der Waals surface area contributed by atoms with Gasteiger partial charge in [-0.3, -0.25) is 9.10 Å². The van der Waals surface area contributed by atoms with E-state index in [2.05, 4.69) is 10.2 Å². The molecule has 0 bridgehead atoms. The number of hydrogen-bond donors (Lipinski definition) is 1. The maximum Gasteiger partial charge on any atom is 0.264 e. The molecule has 0 saturated carbocycles. The van der Waals surface area contributed by atoms with Crippen molar-refractivity contribution in [3.05, 3.63) is 84.4 Å². The summed E-state index contributed by atoms with van der Waals surface area (Å²) in [5, 5.41) is 2.97. The third-order valence-corrected chi connectivity index (χ3v) is 7.57. The first-order chi connectivity index (χ1) is 16.4. The maximum absolute atomic E-state index is 13.5. The molecule has 1 aliphatic heterocycles. The normalized spacial score (nSPS) is 14.0. The molecule has 0 aromatic heterocycles. The topological polar surface area (TPSA) is 79.0 Å². The zero-order chi connectivity index (χ0) is 24.0. The summed E-state index contributed by atoms with van der Waals surface area (Å²) in [6, 6.07) is 23.2. The lowest BCUT2D eigenvalue weighted by Crippen LogP contribution is -2.37. The zero-order valence-corrected chi connectivity index (χ0v) is 20.0. The van der Waals surface area contributed by atoms with E-state index in [1.807, 2.05) is 37.3 Å². The molecule has 1 amide bonds. The van der Waals surface area contributed by atoms with Gasteiger partial charge in [0.1, 0.15) is 0 Å². The highest BCUT2D eigenvalue weighted by atomic mass is 32.2. The predicted molar refractivity (Wildman–Crippen MR) is 135 cm³/mol. The Morgan fingerprint density at radius 2 is 1.59 bits per heavy atom. The molecule has 3 aromatic carbocycles. The van der Waals surface area contributed by atoms with E-state index in [0.29, 0.717) is 24.6 Å². The van der Waals surface area contributed by atoms with Crippen LogP contribution in [0.5, 0.6) is 0 Å². The summed E-state index contributed by atoms with van der Waals surface area (Å²) in [6.07, 6.45) is 0.0113. The number of nitrogens with zero attached hydrogens (tertiary/aromatic N) is 2. The number of carbonyl (C=O) groups excluding carboxylic acids is 1. The van der Waals surface area contributed by atoms with Crippen molar-refractivity contribution in [1.29, 1.82) is 0 Å². The number of benzene rings is 3. The molecule has 34 heavy (non-hydrogen) atoms. The van der Waals surface area contributed by atoms with Gasteiger partial charge in [-0.25, -0.2) is 8.42 Å². The van der Waals surface area contributed by atoms with Crippen LogP contribution in [0.25, 0.3) is 0 Å². The highest BCUT2D eigenvalue weighted by molar-refractivity contribution is 7.92. The van der Waals surface area contributed by atoms with Crippen LogP contribution in [-0.2, 0) is 19.6 Å². The second-order valence-electron chi connectivity index (χ2n) is 8.14. The molecule has 4 rings (SSSR count). The molecule has 3 aromatic rings. The standard InChI is InChI=1S/C26H29N3O4S/c1-21-11-13-23(14-12-21)34(31,32)29(22-7-3-2-4-8-22)16-15-26(30)27-24-9-5-6-10-25(24)28-17-19-33-20-18-28/h2-14H,15-20H2,1H3,(H,27,30). The van der Waals surface area contributed by atoms with Crippen molar-refractivity contribution in [3.8, 4) is 0 Å². The predicted octanol–water partition coefficient (Wildman–Crippen LogP) is 4.06. The quantitative estimate of drug-likeness (QED) is 0.527. The molecule has 7 nitrogen and oxygen atoms in total. The average Bonchev–Trinajstić information content (AvgIpc) is 2.86. The Bertz CT molecular complexity index is 1210. The smallest absolute Gasteiger partial charge is 0.264 e. The SMILES string of the molecule is Cc1ccc(S(=O)(=O)N(CCC(=O)Nc2ccccc2N2CCOCC2)c2ccccc2)cc1. The molecule has 1 fully saturated rings. The fraction of sp³-hybridized carbons (Fsp3) is 0.269. The second kappa shape index (κ2) is 10.7. The summed E-state index contributed by atoms with van der Waals surface area (Å²) in [5.74, 6) is -0.249. The first-order valence-corrected chi connectivity index (χ1v) is 12.8. The number of para-hydroxylation sites is 3. The number of morpholine rings is 1. The lowest BCUT2D eigenvalue weighted by atomic mass is 10.2. The van der Waals surface area contributed by atoms with Crippen molar-refractivity contribution in [3.63, 3.8) is 0 Å². The molecule has 1 saturated heterocycles. The van der Waals surface area contributed by atoms with Gasteiger partial charge in [-0.2, -0.15) is 0 Å². The highest BCUT2D eigenvalue weighted by Gasteiger charge is 2.25. The van der Waals surface area contributed by atoms with Crippen molar-refractivity contribution >= 4 is 33.0 Å². The number of ether oxygens (including phenoxy) is 1. The van der Waals surface area contributed by atoms with Gasteiger partial charge in [-0.05, 0) is 43.3 Å². The fourth-order valence-electron chi connectivity index (χ4n) is 3.89. The van der Waals surface area contributed by atoms with Crippen LogP contribution < -0.4 is 14.5 Å². The Balaban J connectivity index is 1.51. The summed E-state index contributed by atoms with van der Waals surface area (Å²) in [4.78, 5) is 15.3. The third-order valence-electron chi connectivity index (χ3n) is 5.73. The first-order valence-electron chi connectivity index (χ1n) is 11.3. The molecule has 0 unspecified atom stereocenters. The molecular weight excluding hydrogens is 450 g/mol. The molecule has 0 spiro atoms. The Labute approximate surface area is 201 Å². The number of nitrogens with one attached hydrogen (secondary N) is 1. The van der Waals surface area contributed by atoms with Crippen LogP contribution in [0.3, 0.4) is 0 Å². The van der Waals surface area contributed by atoms with Crippen molar-refractivity contribution in [2.75, 3.05) is 47.4 Å². The fourth-order valence-corrected chi connectivity index (χ4v) is 5.36. The minimum atomic E-state index is -3.83. The van der Waals surface area contributed by atoms with Gasteiger partial charge in [0.25, 0.3) is 10.0 Å². The third kappa shape index (κ3) is 5.58. The molecular formula is C26H29N3O4S. The summed E-state index contributed by atoms with van der Waals surface area (Å²) < 4.78 is 33.6. The number of anilines is 3. The summed E-state index contributed by atoms with van der Waals surface area (Å²) >= 11 is 0. The number of amides is 1. The summed E-state index contributed by atoms with van der Waals surface area (Å²) in [5.41, 5.74) is 3.14. The van der Waals surface area contributed by atoms with Gasteiger partial charge in [-0.1, -0.05) is 48.0 Å². The average molecular weight is 480 g/mol. The minimum Gasteiger partial charge on any atom is -0.378 e. The summed E-state index contributed by atoms with van der Waals surface area (Å²) in [6.45, 7) is 4.72. The van der Waals surface area contributed by atoms with Crippen LogP contribution in [-0.4, -0.2) is 47.2 Å². The van der Waals surface area contributed by atoms with Gasteiger partial charge in [0.05, 0.1) is 35.2 Å². The van der Waals surface area contributed by atoms with Gasteiger partial charge >= 0.3 is 0 Å². The number of rotatable bonds is 8. The molecule has 0 radical (unpaired) electrons. The molecule has 1 heterocycles. The van der Waals surface area contributed by atoms with Gasteiger partial charge in [0.2, 0.25) is 5.91 Å². The number of carbonyl (C=O) groups is 1. The van der Waals surface area contributed by atoms with E-state index in [1.165, 1.54) is 4.31 Å². The molecule has 0 aliphatic carbocycles. The molecule has 178 valence electrons. The van der Waals surface area contributed by atoms with Crippen LogP contribution in [0.15, 0.2) is 83.8 Å². The second-order valence-corrected chi connectivity index (χ2v) is 10.0. The van der Waals surface area contributed by atoms with Crippen LogP contribution >= 0.6 is 0 Å². The van der Waals surface area contributed by atoms with Crippen LogP contribution in [0, 0.1) is 6.92 Å². The van der Waals surface area contributed by atoms with Crippen LogP contribution in [0.4, 0.5) is 17.1 Å². The molecule has 1 aliphatic rings. The molecule has 1 N–H and O–H groups in total. The van der Waals surface area contributed by atoms with E-state index in [9.17, 15) is 13.2 Å².